The zero-order valence-electron chi connectivity index (χ0n) is 22.1. The number of hydrogen-bond donors (Lipinski definition) is 2. The lowest BCUT2D eigenvalue weighted by atomic mass is 10.0. The third kappa shape index (κ3) is 5.87. The molecule has 1 aromatic heterocycles. The summed E-state index contributed by atoms with van der Waals surface area (Å²) in [7, 11) is 1.20. The van der Waals surface area contributed by atoms with Crippen molar-refractivity contribution < 1.29 is 27.1 Å². The van der Waals surface area contributed by atoms with Crippen LogP contribution >= 0.6 is 23.2 Å². The monoisotopic (exact) mass is 602 g/mol. The molecule has 0 saturated carbocycles. The fourth-order valence-electron chi connectivity index (χ4n) is 5.00. The van der Waals surface area contributed by atoms with E-state index in [2.05, 4.69) is 10.6 Å². The third-order valence-corrected chi connectivity index (χ3v) is 7.45. The number of anilines is 1. The Morgan fingerprint density at radius 1 is 1.20 bits per heavy atom. The van der Waals surface area contributed by atoms with Crippen molar-refractivity contribution in [3.05, 3.63) is 67.7 Å². The van der Waals surface area contributed by atoms with Gasteiger partial charge in [0.25, 0.3) is 5.91 Å². The number of hydrogen-bond acceptors (Lipinski definition) is 5. The molecule has 2 heterocycles. The topological polar surface area (TPSA) is 75.6 Å². The molecule has 40 heavy (non-hydrogen) atoms. The average Bonchev–Trinajstić information content (AvgIpc) is 2.86. The molecule has 3 atom stereocenters. The zero-order chi connectivity index (χ0) is 29.5. The standard InChI is InChI=1S/C27H28Cl2F4N4O3/c1-13-10-36(11-14(2)35-13)23-21(30)8-18-22(25(23)40-4)37(15(3)27(31,32)33)12-19(24(18)38)26(39)34-9-16-5-6-17(28)7-20(16)29/h5-8,12-15,35H,9-11H2,1-4H3,(H,34,39)/t13-,14+,15-/m0/s1. The number of nitrogens with zero attached hydrogens (tertiary/aromatic N) is 2. The van der Waals surface area contributed by atoms with Gasteiger partial charge in [-0.15, -0.1) is 0 Å². The maximum absolute atomic E-state index is 15.7. The fourth-order valence-corrected chi connectivity index (χ4v) is 5.48. The highest BCUT2D eigenvalue weighted by Crippen LogP contribution is 2.42. The minimum Gasteiger partial charge on any atom is -0.492 e. The van der Waals surface area contributed by atoms with Crippen molar-refractivity contribution in [2.45, 2.75) is 51.6 Å². The molecule has 1 saturated heterocycles. The molecule has 0 bridgehead atoms. The molecule has 2 aromatic carbocycles. The lowest BCUT2D eigenvalue weighted by molar-refractivity contribution is -0.162. The van der Waals surface area contributed by atoms with Crippen LogP contribution in [0.15, 0.2) is 35.3 Å². The molecule has 13 heteroatoms. The number of aromatic nitrogens is 1. The van der Waals surface area contributed by atoms with Gasteiger partial charge in [-0.2, -0.15) is 13.2 Å². The van der Waals surface area contributed by atoms with Crippen LogP contribution in [0.5, 0.6) is 5.75 Å². The van der Waals surface area contributed by atoms with E-state index in [1.165, 1.54) is 13.2 Å². The Balaban J connectivity index is 1.89. The summed E-state index contributed by atoms with van der Waals surface area (Å²) in [4.78, 5) is 28.3. The van der Waals surface area contributed by atoms with Gasteiger partial charge in [-0.05, 0) is 44.5 Å². The third-order valence-electron chi connectivity index (χ3n) is 6.87. The molecular weight excluding hydrogens is 575 g/mol. The highest BCUT2D eigenvalue weighted by atomic mass is 35.5. The molecule has 0 aliphatic carbocycles. The number of methoxy groups -OCH3 is 1. The van der Waals surface area contributed by atoms with Crippen molar-refractivity contribution in [1.29, 1.82) is 0 Å². The summed E-state index contributed by atoms with van der Waals surface area (Å²) in [6.07, 6.45) is -3.92. The van der Waals surface area contributed by atoms with Crippen LogP contribution in [0.4, 0.5) is 23.2 Å². The number of carbonyl (C=O) groups excluding carboxylic acids is 1. The zero-order valence-corrected chi connectivity index (χ0v) is 23.6. The number of pyridine rings is 1. The number of amides is 1. The molecule has 2 N–H and O–H groups in total. The first kappa shape index (κ1) is 30.0. The summed E-state index contributed by atoms with van der Waals surface area (Å²) in [6.45, 7) is 5.27. The van der Waals surface area contributed by atoms with Gasteiger partial charge < -0.3 is 24.8 Å². The first-order valence-corrected chi connectivity index (χ1v) is 13.2. The van der Waals surface area contributed by atoms with E-state index in [0.29, 0.717) is 23.7 Å². The van der Waals surface area contributed by atoms with Crippen molar-refractivity contribution in [3.63, 3.8) is 0 Å². The van der Waals surface area contributed by atoms with Crippen LogP contribution in [0.2, 0.25) is 10.0 Å². The summed E-state index contributed by atoms with van der Waals surface area (Å²) in [5.74, 6) is -2.02. The molecule has 0 spiro atoms. The Bertz CT molecular complexity index is 1500. The van der Waals surface area contributed by atoms with Crippen molar-refractivity contribution in [2.75, 3.05) is 25.1 Å². The van der Waals surface area contributed by atoms with Gasteiger partial charge in [0, 0.05) is 48.0 Å². The van der Waals surface area contributed by atoms with E-state index in [9.17, 15) is 22.8 Å². The molecule has 1 aliphatic heterocycles. The Labute approximate surface area is 238 Å². The molecule has 7 nitrogen and oxygen atoms in total. The molecule has 1 amide bonds. The number of carbonyl (C=O) groups is 1. The fraction of sp³-hybridized carbons (Fsp3) is 0.407. The van der Waals surface area contributed by atoms with Crippen LogP contribution in [-0.2, 0) is 6.54 Å². The smallest absolute Gasteiger partial charge is 0.408 e. The number of alkyl halides is 3. The van der Waals surface area contributed by atoms with Crippen molar-refractivity contribution in [3.8, 4) is 5.75 Å². The summed E-state index contributed by atoms with van der Waals surface area (Å²) in [6, 6.07) is 3.19. The Kier molecular flexibility index (Phi) is 8.58. The lowest BCUT2D eigenvalue weighted by Gasteiger charge is -2.38. The van der Waals surface area contributed by atoms with Gasteiger partial charge in [0.2, 0.25) is 5.43 Å². The summed E-state index contributed by atoms with van der Waals surface area (Å²) in [5, 5.41) is 6.03. The van der Waals surface area contributed by atoms with Crippen LogP contribution in [-0.4, -0.2) is 48.9 Å². The number of fused-ring (bicyclic) bond motifs is 1. The second kappa shape index (κ2) is 11.5. The van der Waals surface area contributed by atoms with Gasteiger partial charge in [0.1, 0.15) is 17.3 Å². The lowest BCUT2D eigenvalue weighted by Crippen LogP contribution is -2.54. The van der Waals surface area contributed by atoms with E-state index in [1.54, 1.807) is 17.0 Å². The molecule has 1 fully saturated rings. The van der Waals surface area contributed by atoms with Gasteiger partial charge in [0.15, 0.2) is 11.6 Å². The van der Waals surface area contributed by atoms with Gasteiger partial charge in [-0.1, -0.05) is 29.3 Å². The van der Waals surface area contributed by atoms with Crippen LogP contribution in [0, 0.1) is 5.82 Å². The molecule has 216 valence electrons. The molecule has 0 radical (unpaired) electrons. The average molecular weight is 603 g/mol. The van der Waals surface area contributed by atoms with E-state index in [4.69, 9.17) is 27.9 Å². The van der Waals surface area contributed by atoms with Crippen molar-refractivity contribution in [2.24, 2.45) is 0 Å². The molecule has 4 rings (SSSR count). The predicted molar refractivity (Wildman–Crippen MR) is 147 cm³/mol. The van der Waals surface area contributed by atoms with E-state index < -0.39 is 40.3 Å². The predicted octanol–water partition coefficient (Wildman–Crippen LogP) is 5.70. The summed E-state index contributed by atoms with van der Waals surface area (Å²) >= 11 is 12.0. The maximum atomic E-state index is 15.7. The number of rotatable bonds is 6. The number of benzene rings is 2. The van der Waals surface area contributed by atoms with Gasteiger partial charge in [0.05, 0.1) is 18.0 Å². The second-order valence-corrected chi connectivity index (χ2v) is 10.8. The SMILES string of the molecule is COc1c(N2C[C@@H](C)N[C@@H](C)C2)c(F)cc2c(=O)c(C(=O)NCc3ccc(Cl)cc3Cl)cn([C@@H](C)C(F)(F)F)c12. The Morgan fingerprint density at radius 3 is 2.42 bits per heavy atom. The largest absolute Gasteiger partial charge is 0.492 e. The number of piperazine rings is 1. The van der Waals surface area contributed by atoms with E-state index >= 15 is 4.39 Å². The van der Waals surface area contributed by atoms with Crippen LogP contribution < -0.4 is 25.7 Å². The van der Waals surface area contributed by atoms with Crippen LogP contribution in [0.3, 0.4) is 0 Å². The normalized spacial score (nSPS) is 18.6. The van der Waals surface area contributed by atoms with Gasteiger partial charge in [-0.25, -0.2) is 4.39 Å². The molecule has 1 aliphatic rings. The maximum Gasteiger partial charge on any atom is 0.408 e. The molecule has 3 aromatic rings. The van der Waals surface area contributed by atoms with Gasteiger partial charge >= 0.3 is 6.18 Å². The second-order valence-electron chi connectivity index (χ2n) is 9.93. The Morgan fingerprint density at radius 2 is 1.85 bits per heavy atom. The number of halogens is 6. The number of ether oxygens (including phenoxy) is 1. The highest BCUT2D eigenvalue weighted by molar-refractivity contribution is 6.35. The first-order chi connectivity index (χ1) is 18.7. The van der Waals surface area contributed by atoms with E-state index in [-0.39, 0.29) is 40.6 Å². The number of nitrogens with one attached hydrogen (secondary N) is 2. The van der Waals surface area contributed by atoms with E-state index in [0.717, 1.165) is 23.8 Å². The molecular formula is C27H28Cl2F4N4O3. The van der Waals surface area contributed by atoms with E-state index in [1.807, 2.05) is 13.8 Å². The Hall–Kier alpha value is -3.02. The highest BCUT2D eigenvalue weighted by Gasteiger charge is 2.39. The van der Waals surface area contributed by atoms with Crippen LogP contribution in [0.1, 0.15) is 42.7 Å². The minimum atomic E-state index is -4.76. The molecule has 0 unspecified atom stereocenters. The van der Waals surface area contributed by atoms with Crippen LogP contribution in [0.25, 0.3) is 10.9 Å². The first-order valence-electron chi connectivity index (χ1n) is 12.5. The minimum absolute atomic E-state index is 0.0416. The summed E-state index contributed by atoms with van der Waals surface area (Å²) < 4.78 is 64.1. The van der Waals surface area contributed by atoms with Crippen molar-refractivity contribution >= 4 is 45.7 Å². The van der Waals surface area contributed by atoms with Crippen molar-refractivity contribution in [1.82, 2.24) is 15.2 Å². The van der Waals surface area contributed by atoms with Gasteiger partial charge in [-0.3, -0.25) is 9.59 Å². The quantitative estimate of drug-likeness (QED) is 0.354. The summed E-state index contributed by atoms with van der Waals surface area (Å²) in [5.41, 5.74) is -1.36.